The molecule has 3 fully saturated rings. The minimum Gasteiger partial charge on any atom is -0.508 e. The lowest BCUT2D eigenvalue weighted by Crippen LogP contribution is -2.47. The van der Waals surface area contributed by atoms with Gasteiger partial charge in [-0.25, -0.2) is 8.78 Å². The third-order valence-corrected chi connectivity index (χ3v) is 10.00. The van der Waals surface area contributed by atoms with E-state index in [1.54, 1.807) is 19.1 Å². The smallest absolute Gasteiger partial charge is 0.319 e. The lowest BCUT2D eigenvalue weighted by molar-refractivity contribution is 0.0447. The summed E-state index contributed by atoms with van der Waals surface area (Å²) < 4.78 is 38.1. The van der Waals surface area contributed by atoms with Crippen LogP contribution in [0.25, 0.3) is 32.9 Å². The van der Waals surface area contributed by atoms with E-state index in [4.69, 9.17) is 9.72 Å². The normalized spacial score (nSPS) is 22.1. The lowest BCUT2D eigenvalue weighted by atomic mass is 9.94. The molecule has 1 saturated carbocycles. The molecule has 3 aliphatic rings. The molecule has 4 heterocycles. The molecule has 7 rings (SSSR count). The van der Waals surface area contributed by atoms with Gasteiger partial charge in [-0.3, -0.25) is 4.98 Å². The first-order chi connectivity index (χ1) is 22.0. The van der Waals surface area contributed by atoms with Crippen molar-refractivity contribution in [1.29, 1.82) is 0 Å². The number of pyridine rings is 1. The second-order valence-electron chi connectivity index (χ2n) is 13.9. The van der Waals surface area contributed by atoms with Gasteiger partial charge in [0.2, 0.25) is 0 Å². The summed E-state index contributed by atoms with van der Waals surface area (Å²) in [5.41, 5.74) is -0.199. The molecule has 0 amide bonds. The van der Waals surface area contributed by atoms with E-state index in [-0.39, 0.29) is 28.4 Å². The van der Waals surface area contributed by atoms with Crippen molar-refractivity contribution in [3.63, 3.8) is 0 Å². The van der Waals surface area contributed by atoms with Crippen molar-refractivity contribution in [2.75, 3.05) is 64.4 Å². The van der Waals surface area contributed by atoms with Crippen molar-refractivity contribution in [1.82, 2.24) is 24.8 Å². The number of piperazine rings is 1. The quantitative estimate of drug-likeness (QED) is 0.273. The Morgan fingerprint density at radius 3 is 2.52 bits per heavy atom. The van der Waals surface area contributed by atoms with Gasteiger partial charge in [0.15, 0.2) is 5.82 Å². The second kappa shape index (κ2) is 11.8. The summed E-state index contributed by atoms with van der Waals surface area (Å²) in [7, 11) is 2.15. The number of phenolic OH excluding ortho intramolecular Hbond substituents is 1. The van der Waals surface area contributed by atoms with E-state index in [2.05, 4.69) is 26.8 Å². The molecule has 2 aromatic heterocycles. The summed E-state index contributed by atoms with van der Waals surface area (Å²) >= 11 is 0. The predicted molar refractivity (Wildman–Crippen MR) is 174 cm³/mol. The highest BCUT2D eigenvalue weighted by atomic mass is 19.1. The van der Waals surface area contributed by atoms with E-state index in [1.807, 2.05) is 11.8 Å². The SMILES string of the molecule is CCc1c(F)ccc2cc(O)cc(-c3ncc4c(N5CCC[C@@](C)(O)C5)nc(OCC5(CN6CCN(C)CC6)CC5)nc4c3F)c12. The monoisotopic (exact) mass is 632 g/mol. The van der Waals surface area contributed by atoms with Crippen LogP contribution in [0, 0.1) is 17.0 Å². The molecule has 0 bridgehead atoms. The number of hydrogen-bond donors (Lipinski definition) is 2. The fourth-order valence-corrected chi connectivity index (χ4v) is 7.17. The Hall–Kier alpha value is -3.67. The van der Waals surface area contributed by atoms with Gasteiger partial charge in [0.05, 0.1) is 17.6 Å². The number of rotatable bonds is 8. The molecular formula is C35H42F2N6O3. The van der Waals surface area contributed by atoms with Gasteiger partial charge in [-0.1, -0.05) is 13.0 Å². The average Bonchev–Trinajstić information content (AvgIpc) is 3.80. The number of β-amino-alcohol motifs (C(OH)–C–C–N with tert-alkyl or cyclic N) is 1. The number of halogens is 2. The number of likely N-dealkylation sites (N-methyl/N-ethyl adjacent to an activating group) is 1. The molecule has 0 spiro atoms. The number of piperidine rings is 1. The zero-order valence-electron chi connectivity index (χ0n) is 26.8. The molecule has 2 aliphatic heterocycles. The van der Waals surface area contributed by atoms with Crippen LogP contribution in [0.5, 0.6) is 11.8 Å². The highest BCUT2D eigenvalue weighted by Crippen LogP contribution is 2.47. The van der Waals surface area contributed by atoms with Crippen LogP contribution in [0.2, 0.25) is 0 Å². The number of benzene rings is 2. The largest absolute Gasteiger partial charge is 0.508 e. The van der Waals surface area contributed by atoms with Gasteiger partial charge in [-0.05, 0) is 80.6 Å². The van der Waals surface area contributed by atoms with E-state index < -0.39 is 17.2 Å². The first-order valence-electron chi connectivity index (χ1n) is 16.4. The number of phenols is 1. The van der Waals surface area contributed by atoms with Crippen LogP contribution in [-0.4, -0.2) is 100 Å². The van der Waals surface area contributed by atoms with Crippen LogP contribution in [0.3, 0.4) is 0 Å². The minimum atomic E-state index is -0.926. The molecule has 2 N–H and O–H groups in total. The Morgan fingerprint density at radius 2 is 1.80 bits per heavy atom. The Morgan fingerprint density at radius 1 is 1.02 bits per heavy atom. The van der Waals surface area contributed by atoms with Crippen molar-refractivity contribution in [2.24, 2.45) is 5.41 Å². The number of aromatic hydroxyl groups is 1. The van der Waals surface area contributed by atoms with Crippen molar-refractivity contribution in [3.8, 4) is 23.0 Å². The van der Waals surface area contributed by atoms with E-state index in [1.165, 1.54) is 18.3 Å². The molecule has 11 heteroatoms. The fourth-order valence-electron chi connectivity index (χ4n) is 7.17. The molecule has 2 saturated heterocycles. The maximum atomic E-state index is 16.8. The van der Waals surface area contributed by atoms with Crippen LogP contribution in [0.1, 0.15) is 45.1 Å². The van der Waals surface area contributed by atoms with Gasteiger partial charge in [-0.2, -0.15) is 9.97 Å². The van der Waals surface area contributed by atoms with Crippen LogP contribution in [0.15, 0.2) is 30.5 Å². The number of nitrogens with zero attached hydrogens (tertiary/aromatic N) is 6. The number of aliphatic hydroxyl groups is 1. The molecule has 4 aromatic rings. The lowest BCUT2D eigenvalue weighted by Gasteiger charge is -2.38. The molecule has 9 nitrogen and oxygen atoms in total. The average molecular weight is 633 g/mol. The highest BCUT2D eigenvalue weighted by molar-refractivity contribution is 6.01. The Kier molecular flexibility index (Phi) is 7.97. The van der Waals surface area contributed by atoms with Gasteiger partial charge < -0.3 is 29.6 Å². The number of hydrogen-bond acceptors (Lipinski definition) is 9. The van der Waals surface area contributed by atoms with Gasteiger partial charge in [0, 0.05) is 63.0 Å². The van der Waals surface area contributed by atoms with Gasteiger partial charge in [-0.15, -0.1) is 0 Å². The highest BCUT2D eigenvalue weighted by Gasteiger charge is 2.45. The van der Waals surface area contributed by atoms with Crippen LogP contribution in [0.4, 0.5) is 14.6 Å². The molecule has 1 aliphatic carbocycles. The third-order valence-electron chi connectivity index (χ3n) is 10.00. The number of aromatic nitrogens is 3. The summed E-state index contributed by atoms with van der Waals surface area (Å²) in [5, 5.41) is 23.0. The standard InChI is InChI=1S/C35H42F2N6O3/c1-4-24-27(36)7-6-22-16-23(44)17-25(28(22)24)30-29(37)31-26(18-38-30)32(43-11-5-8-34(2,45)19-43)40-33(39-31)46-21-35(9-10-35)20-42-14-12-41(3)13-15-42/h6-7,16-18,44-45H,4-5,8-15,19-21H2,1-3H3/t34-/m1/s1. The zero-order valence-corrected chi connectivity index (χ0v) is 26.8. The molecule has 0 radical (unpaired) electrons. The number of anilines is 1. The fraction of sp³-hybridized carbons (Fsp3) is 0.514. The van der Waals surface area contributed by atoms with E-state index >= 15 is 4.39 Å². The maximum absolute atomic E-state index is 16.8. The van der Waals surface area contributed by atoms with Crippen LogP contribution >= 0.6 is 0 Å². The molecule has 244 valence electrons. The molecular weight excluding hydrogens is 590 g/mol. The summed E-state index contributed by atoms with van der Waals surface area (Å²) in [6.07, 6.45) is 5.42. The van der Waals surface area contributed by atoms with E-state index in [0.717, 1.165) is 52.0 Å². The van der Waals surface area contributed by atoms with Crippen LogP contribution < -0.4 is 9.64 Å². The Balaban J connectivity index is 1.30. The van der Waals surface area contributed by atoms with E-state index in [0.29, 0.717) is 65.6 Å². The third kappa shape index (κ3) is 5.96. The van der Waals surface area contributed by atoms with Gasteiger partial charge in [0.1, 0.15) is 28.6 Å². The summed E-state index contributed by atoms with van der Waals surface area (Å²) in [4.78, 5) is 20.7. The van der Waals surface area contributed by atoms with Crippen molar-refractivity contribution >= 4 is 27.5 Å². The maximum Gasteiger partial charge on any atom is 0.319 e. The molecule has 0 unspecified atom stereocenters. The van der Waals surface area contributed by atoms with Gasteiger partial charge in [0.25, 0.3) is 0 Å². The molecule has 1 atom stereocenters. The zero-order chi connectivity index (χ0) is 32.2. The van der Waals surface area contributed by atoms with Crippen molar-refractivity contribution < 1.29 is 23.7 Å². The van der Waals surface area contributed by atoms with E-state index in [9.17, 15) is 14.6 Å². The predicted octanol–water partition coefficient (Wildman–Crippen LogP) is 5.15. The topological polar surface area (TPSA) is 98.1 Å². The van der Waals surface area contributed by atoms with Crippen molar-refractivity contribution in [3.05, 3.63) is 47.7 Å². The second-order valence-corrected chi connectivity index (χ2v) is 13.9. The molecule has 2 aromatic carbocycles. The summed E-state index contributed by atoms with van der Waals surface area (Å²) in [6.45, 7) is 10.1. The first kappa shape index (κ1) is 31.0. The number of ether oxygens (including phenoxy) is 1. The Bertz CT molecular complexity index is 1790. The minimum absolute atomic E-state index is 0.0201. The number of fused-ring (bicyclic) bond motifs is 2. The summed E-state index contributed by atoms with van der Waals surface area (Å²) in [5.74, 6) is -0.712. The van der Waals surface area contributed by atoms with Crippen LogP contribution in [-0.2, 0) is 6.42 Å². The number of aryl methyl sites for hydroxylation is 1. The Labute approximate surface area is 267 Å². The first-order valence-corrected chi connectivity index (χ1v) is 16.4. The van der Waals surface area contributed by atoms with Crippen molar-refractivity contribution in [2.45, 2.75) is 51.6 Å². The molecule has 46 heavy (non-hydrogen) atoms. The van der Waals surface area contributed by atoms with Gasteiger partial charge >= 0.3 is 6.01 Å². The summed E-state index contributed by atoms with van der Waals surface area (Å²) in [6, 6.07) is 5.99.